The first kappa shape index (κ1) is 18.3. The highest BCUT2D eigenvalue weighted by Crippen LogP contribution is 2.36. The van der Waals surface area contributed by atoms with Crippen molar-refractivity contribution in [1.82, 2.24) is 0 Å². The minimum absolute atomic E-state index is 0.127. The maximum atomic E-state index is 11.8. The third-order valence-electron chi connectivity index (χ3n) is 3.79. The van der Waals surface area contributed by atoms with Gasteiger partial charge in [-0.3, -0.25) is 4.79 Å². The summed E-state index contributed by atoms with van der Waals surface area (Å²) < 4.78 is 6.02. The monoisotopic (exact) mass is 385 g/mol. The molecule has 0 radical (unpaired) electrons. The lowest BCUT2D eigenvalue weighted by molar-refractivity contribution is -0.113. The third kappa shape index (κ3) is 4.57. The molecule has 3 aromatic carbocycles. The molecule has 0 fully saturated rings. The highest BCUT2D eigenvalue weighted by molar-refractivity contribution is 6.31. The van der Waals surface area contributed by atoms with Crippen molar-refractivity contribution in [2.45, 2.75) is 6.61 Å². The van der Waals surface area contributed by atoms with Gasteiger partial charge in [0.1, 0.15) is 18.2 Å². The van der Waals surface area contributed by atoms with Gasteiger partial charge in [0.25, 0.3) is 0 Å². The van der Waals surface area contributed by atoms with E-state index in [4.69, 9.17) is 27.9 Å². The number of rotatable bonds is 6. The highest BCUT2D eigenvalue weighted by atomic mass is 35.5. The van der Waals surface area contributed by atoms with Gasteiger partial charge in [-0.2, -0.15) is 0 Å². The number of halogens is 2. The summed E-state index contributed by atoms with van der Waals surface area (Å²) >= 11 is 11.7. The van der Waals surface area contributed by atoms with E-state index in [-0.39, 0.29) is 11.8 Å². The van der Waals surface area contributed by atoms with Crippen molar-refractivity contribution in [2.24, 2.45) is 0 Å². The van der Waals surface area contributed by atoms with Crippen LogP contribution in [0.15, 0.2) is 72.8 Å². The van der Waals surface area contributed by atoms with Crippen molar-refractivity contribution in [3.05, 3.63) is 83.4 Å². The summed E-state index contributed by atoms with van der Waals surface area (Å²) in [6, 6.07) is 23.0. The molecule has 0 aromatic heterocycles. The lowest BCUT2D eigenvalue weighted by Crippen LogP contribution is -2.13. The lowest BCUT2D eigenvalue weighted by Gasteiger charge is -2.15. The van der Waals surface area contributed by atoms with Crippen LogP contribution in [0.4, 0.5) is 5.69 Å². The molecule has 3 nitrogen and oxygen atoms in total. The summed E-state index contributed by atoms with van der Waals surface area (Å²) in [5.41, 5.74) is 3.36. The average Bonchev–Trinajstić information content (AvgIpc) is 2.67. The number of anilines is 1. The first-order chi connectivity index (χ1) is 12.7. The van der Waals surface area contributed by atoms with Gasteiger partial charge in [-0.1, -0.05) is 66.2 Å². The van der Waals surface area contributed by atoms with Crippen LogP contribution in [0.5, 0.6) is 5.75 Å². The molecule has 0 atom stereocenters. The van der Waals surface area contributed by atoms with Crippen LogP contribution in [-0.4, -0.2) is 11.8 Å². The second-order valence-corrected chi connectivity index (χ2v) is 6.35. The zero-order chi connectivity index (χ0) is 18.4. The zero-order valence-corrected chi connectivity index (χ0v) is 15.4. The van der Waals surface area contributed by atoms with Crippen molar-refractivity contribution in [3.63, 3.8) is 0 Å². The van der Waals surface area contributed by atoms with Gasteiger partial charge >= 0.3 is 0 Å². The van der Waals surface area contributed by atoms with Gasteiger partial charge < -0.3 is 10.1 Å². The van der Waals surface area contributed by atoms with Crippen LogP contribution < -0.4 is 10.1 Å². The van der Waals surface area contributed by atoms with Gasteiger partial charge in [-0.25, -0.2) is 0 Å². The second kappa shape index (κ2) is 8.75. The molecular weight excluding hydrogens is 369 g/mol. The lowest BCUT2D eigenvalue weighted by atomic mass is 10.0. The molecule has 0 heterocycles. The number of para-hydroxylation sites is 1. The number of benzene rings is 3. The Bertz CT molecular complexity index is 898. The van der Waals surface area contributed by atoms with Crippen LogP contribution in [0, 0.1) is 0 Å². The van der Waals surface area contributed by atoms with Crippen LogP contribution in [0.1, 0.15) is 5.56 Å². The Morgan fingerprint density at radius 3 is 2.42 bits per heavy atom. The number of ether oxygens (including phenoxy) is 1. The normalized spacial score (nSPS) is 10.4. The fraction of sp³-hybridized carbons (Fsp3) is 0.0952. The summed E-state index contributed by atoms with van der Waals surface area (Å²) in [7, 11) is 0. The molecular formula is C21H17Cl2NO2. The first-order valence-electron chi connectivity index (χ1n) is 8.09. The SMILES string of the molecule is O=C(CCl)Nc1cc(Cl)ccc1-c1ccccc1OCc1ccccc1. The van der Waals surface area contributed by atoms with E-state index in [1.807, 2.05) is 60.7 Å². The van der Waals surface area contributed by atoms with Crippen molar-refractivity contribution in [2.75, 3.05) is 11.2 Å². The molecule has 5 heteroatoms. The summed E-state index contributed by atoms with van der Waals surface area (Å²) in [6.07, 6.45) is 0. The Balaban J connectivity index is 1.93. The number of hydrogen-bond donors (Lipinski definition) is 1. The Kier molecular flexibility index (Phi) is 6.16. The Morgan fingerprint density at radius 2 is 1.65 bits per heavy atom. The Hall–Kier alpha value is -2.49. The van der Waals surface area contributed by atoms with E-state index in [9.17, 15) is 4.79 Å². The van der Waals surface area contributed by atoms with Gasteiger partial charge in [0.2, 0.25) is 5.91 Å². The van der Waals surface area contributed by atoms with Gasteiger partial charge in [-0.15, -0.1) is 11.6 Å². The molecule has 0 aliphatic carbocycles. The molecule has 1 N–H and O–H groups in total. The van der Waals surface area contributed by atoms with Crippen LogP contribution in [0.3, 0.4) is 0 Å². The standard InChI is InChI=1S/C21H17Cl2NO2/c22-13-21(25)24-19-12-16(23)10-11-17(19)18-8-4-5-9-20(18)26-14-15-6-2-1-3-7-15/h1-12H,13-14H2,(H,24,25). The van der Waals surface area contributed by atoms with Crippen LogP contribution in [0.25, 0.3) is 11.1 Å². The maximum absolute atomic E-state index is 11.8. The van der Waals surface area contributed by atoms with Gasteiger partial charge in [0.05, 0.1) is 5.69 Å². The van der Waals surface area contributed by atoms with Gasteiger partial charge in [-0.05, 0) is 23.8 Å². The summed E-state index contributed by atoms with van der Waals surface area (Å²) in [5, 5.41) is 3.32. The van der Waals surface area contributed by atoms with Crippen molar-refractivity contribution in [1.29, 1.82) is 0 Å². The quantitative estimate of drug-likeness (QED) is 0.547. The molecule has 0 aliphatic heterocycles. The minimum atomic E-state index is -0.294. The molecule has 1 amide bonds. The molecule has 26 heavy (non-hydrogen) atoms. The first-order valence-corrected chi connectivity index (χ1v) is 9.00. The number of alkyl halides is 1. The van der Waals surface area contributed by atoms with E-state index in [0.717, 1.165) is 22.4 Å². The largest absolute Gasteiger partial charge is 0.488 e. The highest BCUT2D eigenvalue weighted by Gasteiger charge is 2.13. The molecule has 3 aromatic rings. The van der Waals surface area contributed by atoms with E-state index in [1.165, 1.54) is 0 Å². The predicted molar refractivity (Wildman–Crippen MR) is 107 cm³/mol. The van der Waals surface area contributed by atoms with E-state index < -0.39 is 0 Å². The number of amides is 1. The number of hydrogen-bond acceptors (Lipinski definition) is 2. The van der Waals surface area contributed by atoms with Gasteiger partial charge in [0.15, 0.2) is 0 Å². The molecule has 0 saturated carbocycles. The minimum Gasteiger partial charge on any atom is -0.488 e. The van der Waals surface area contributed by atoms with Crippen LogP contribution in [0.2, 0.25) is 5.02 Å². The van der Waals surface area contributed by atoms with E-state index in [1.54, 1.807) is 12.1 Å². The summed E-state index contributed by atoms with van der Waals surface area (Å²) in [5.74, 6) is 0.302. The third-order valence-corrected chi connectivity index (χ3v) is 4.27. The average molecular weight is 386 g/mol. The molecule has 0 unspecified atom stereocenters. The van der Waals surface area contributed by atoms with Crippen molar-refractivity contribution >= 4 is 34.8 Å². The summed E-state index contributed by atoms with van der Waals surface area (Å²) in [6.45, 7) is 0.453. The van der Waals surface area contributed by atoms with E-state index >= 15 is 0 Å². The molecule has 0 saturated heterocycles. The molecule has 3 rings (SSSR count). The number of carbonyl (C=O) groups is 1. The van der Waals surface area contributed by atoms with Gasteiger partial charge in [0, 0.05) is 16.1 Å². The molecule has 132 valence electrons. The predicted octanol–water partition coefficient (Wildman–Crippen LogP) is 5.76. The fourth-order valence-electron chi connectivity index (χ4n) is 2.59. The maximum Gasteiger partial charge on any atom is 0.239 e. The van der Waals surface area contributed by atoms with E-state index in [2.05, 4.69) is 5.32 Å². The summed E-state index contributed by atoms with van der Waals surface area (Å²) in [4.78, 5) is 11.8. The smallest absolute Gasteiger partial charge is 0.239 e. The zero-order valence-electron chi connectivity index (χ0n) is 13.9. The van der Waals surface area contributed by atoms with Crippen LogP contribution in [-0.2, 0) is 11.4 Å². The number of nitrogens with one attached hydrogen (secondary N) is 1. The van der Waals surface area contributed by atoms with Crippen molar-refractivity contribution in [3.8, 4) is 16.9 Å². The Morgan fingerprint density at radius 1 is 0.923 bits per heavy atom. The molecule has 0 aliphatic rings. The second-order valence-electron chi connectivity index (χ2n) is 5.64. The molecule has 0 spiro atoms. The number of carbonyl (C=O) groups excluding carboxylic acids is 1. The molecule has 0 bridgehead atoms. The Labute approximate surface area is 162 Å². The van der Waals surface area contributed by atoms with E-state index in [0.29, 0.717) is 17.3 Å². The van der Waals surface area contributed by atoms with Crippen LogP contribution >= 0.6 is 23.2 Å². The van der Waals surface area contributed by atoms with Crippen molar-refractivity contribution < 1.29 is 9.53 Å². The topological polar surface area (TPSA) is 38.3 Å². The fourth-order valence-corrected chi connectivity index (χ4v) is 2.83.